The van der Waals surface area contributed by atoms with Crippen LogP contribution in [0.4, 0.5) is 0 Å². The van der Waals surface area contributed by atoms with Gasteiger partial charge in [-0.15, -0.1) is 0 Å². The second-order valence-electron chi connectivity index (χ2n) is 8.72. The number of carbonyl (C=O) groups excluding carboxylic acids is 1. The fraction of sp³-hybridized carbons (Fsp3) is 0.857. The van der Waals surface area contributed by atoms with E-state index < -0.39 is 0 Å². The van der Waals surface area contributed by atoms with Gasteiger partial charge in [-0.25, -0.2) is 0 Å². The van der Waals surface area contributed by atoms with Crippen LogP contribution in [0.25, 0.3) is 0 Å². The van der Waals surface area contributed by atoms with Crippen LogP contribution in [-0.4, -0.2) is 17.5 Å². The average Bonchev–Trinajstić information content (AvgIpc) is 2.94. The molecule has 6 atom stereocenters. The van der Waals surface area contributed by atoms with Crippen LogP contribution in [0.5, 0.6) is 0 Å². The summed E-state index contributed by atoms with van der Waals surface area (Å²) in [5.41, 5.74) is 2.02. The van der Waals surface area contributed by atoms with E-state index in [9.17, 15) is 9.90 Å². The highest BCUT2D eigenvalue weighted by molar-refractivity contribution is 5.91. The summed E-state index contributed by atoms with van der Waals surface area (Å²) >= 11 is 0. The number of aliphatic hydroxyl groups is 1. The monoisotopic (exact) mass is 316 g/mol. The molecule has 4 aliphatic carbocycles. The highest BCUT2D eigenvalue weighted by Gasteiger charge is 2.57. The zero-order chi connectivity index (χ0) is 16.0. The Labute approximate surface area is 140 Å². The molecule has 3 fully saturated rings. The van der Waals surface area contributed by atoms with Crippen LogP contribution in [0.2, 0.25) is 0 Å². The molecule has 0 aromatic carbocycles. The van der Waals surface area contributed by atoms with Crippen molar-refractivity contribution < 1.29 is 9.90 Å². The van der Waals surface area contributed by atoms with E-state index in [2.05, 4.69) is 6.92 Å². The number of aliphatic hydroxyl groups excluding tert-OH is 1. The van der Waals surface area contributed by atoms with Crippen LogP contribution >= 0.6 is 0 Å². The minimum Gasteiger partial charge on any atom is -0.396 e. The van der Waals surface area contributed by atoms with E-state index in [0.717, 1.165) is 48.9 Å². The van der Waals surface area contributed by atoms with Gasteiger partial charge in [0, 0.05) is 13.0 Å². The summed E-state index contributed by atoms with van der Waals surface area (Å²) in [6.45, 7) is 2.77. The standard InChI is InChI=1S/C21H32O2/c1-2-21-11-9-18-17-7-5-16(23)13-14(17)3-6-19(18)20(21)8-4-15(21)10-12-22/h13,15,17-20,22H,2-12H2,1H3/t15-,17+,18-,19-,20+,21-/m1/s1. The van der Waals surface area contributed by atoms with Crippen molar-refractivity contribution in [3.8, 4) is 0 Å². The van der Waals surface area contributed by atoms with Crippen LogP contribution in [0, 0.1) is 35.0 Å². The summed E-state index contributed by atoms with van der Waals surface area (Å²) in [6, 6.07) is 0. The molecule has 4 aliphatic rings. The highest BCUT2D eigenvalue weighted by atomic mass is 16.3. The molecule has 3 saturated carbocycles. The first-order chi connectivity index (χ1) is 11.2. The maximum absolute atomic E-state index is 11.8. The van der Waals surface area contributed by atoms with Gasteiger partial charge in [0.15, 0.2) is 5.78 Å². The van der Waals surface area contributed by atoms with Gasteiger partial charge in [0.25, 0.3) is 0 Å². The normalized spacial score (nSPS) is 45.9. The fourth-order valence-corrected chi connectivity index (χ4v) is 7.42. The molecule has 128 valence electrons. The summed E-state index contributed by atoms with van der Waals surface area (Å²) in [6.07, 6.45) is 14.2. The molecule has 0 unspecified atom stereocenters. The molecule has 0 heterocycles. The minimum absolute atomic E-state index is 0.366. The van der Waals surface area contributed by atoms with E-state index in [0.29, 0.717) is 17.8 Å². The van der Waals surface area contributed by atoms with Gasteiger partial charge in [-0.3, -0.25) is 4.79 Å². The van der Waals surface area contributed by atoms with E-state index in [-0.39, 0.29) is 0 Å². The maximum Gasteiger partial charge on any atom is 0.155 e. The molecular weight excluding hydrogens is 284 g/mol. The molecule has 0 bridgehead atoms. The zero-order valence-electron chi connectivity index (χ0n) is 14.6. The molecule has 0 radical (unpaired) electrons. The van der Waals surface area contributed by atoms with Gasteiger partial charge in [-0.2, -0.15) is 0 Å². The van der Waals surface area contributed by atoms with Gasteiger partial charge in [0.1, 0.15) is 0 Å². The highest BCUT2D eigenvalue weighted by Crippen LogP contribution is 2.65. The Bertz CT molecular complexity index is 508. The zero-order valence-corrected chi connectivity index (χ0v) is 14.6. The molecule has 0 aliphatic heterocycles. The Morgan fingerprint density at radius 2 is 2.00 bits per heavy atom. The summed E-state index contributed by atoms with van der Waals surface area (Å²) in [5.74, 6) is 4.48. The number of carbonyl (C=O) groups is 1. The van der Waals surface area contributed by atoms with Crippen molar-refractivity contribution in [1.82, 2.24) is 0 Å². The smallest absolute Gasteiger partial charge is 0.155 e. The van der Waals surface area contributed by atoms with Gasteiger partial charge < -0.3 is 5.11 Å². The number of allylic oxidation sites excluding steroid dienone is 1. The Balaban J connectivity index is 1.60. The maximum atomic E-state index is 11.8. The molecule has 0 spiro atoms. The third-order valence-corrected chi connectivity index (χ3v) is 8.33. The summed E-state index contributed by atoms with van der Waals surface area (Å²) < 4.78 is 0. The molecule has 0 aromatic rings. The lowest BCUT2D eigenvalue weighted by Crippen LogP contribution is -2.47. The molecule has 2 nitrogen and oxygen atoms in total. The average molecular weight is 316 g/mol. The summed E-state index contributed by atoms with van der Waals surface area (Å²) in [7, 11) is 0. The van der Waals surface area contributed by atoms with Gasteiger partial charge in [0.05, 0.1) is 0 Å². The molecule has 23 heavy (non-hydrogen) atoms. The Morgan fingerprint density at radius 1 is 1.13 bits per heavy atom. The van der Waals surface area contributed by atoms with Gasteiger partial charge in [-0.05, 0) is 98.9 Å². The number of ketones is 1. The quantitative estimate of drug-likeness (QED) is 0.831. The second-order valence-corrected chi connectivity index (χ2v) is 8.72. The number of fused-ring (bicyclic) bond motifs is 5. The van der Waals surface area contributed by atoms with E-state index >= 15 is 0 Å². The lowest BCUT2D eigenvalue weighted by Gasteiger charge is -2.55. The minimum atomic E-state index is 0.366. The fourth-order valence-electron chi connectivity index (χ4n) is 7.42. The number of hydrogen-bond donors (Lipinski definition) is 1. The molecular formula is C21H32O2. The van der Waals surface area contributed by atoms with E-state index in [1.807, 2.05) is 6.08 Å². The molecule has 0 aromatic heterocycles. The summed E-state index contributed by atoms with van der Waals surface area (Å²) in [4.78, 5) is 11.8. The molecule has 0 amide bonds. The Kier molecular flexibility index (Phi) is 4.16. The van der Waals surface area contributed by atoms with Crippen molar-refractivity contribution in [2.75, 3.05) is 6.61 Å². The molecule has 0 saturated heterocycles. The first kappa shape index (κ1) is 15.9. The van der Waals surface area contributed by atoms with Crippen LogP contribution in [0.1, 0.15) is 71.1 Å². The van der Waals surface area contributed by atoms with Crippen LogP contribution in [-0.2, 0) is 4.79 Å². The first-order valence-corrected chi connectivity index (χ1v) is 10.0. The first-order valence-electron chi connectivity index (χ1n) is 10.0. The Morgan fingerprint density at radius 3 is 2.78 bits per heavy atom. The third-order valence-electron chi connectivity index (χ3n) is 8.33. The SMILES string of the molecule is CC[C@]12CC[C@H]3[C@@H](CCC4=CC(=O)CC[C@@H]43)[C@@H]1CC[C@@H]2CCO. The van der Waals surface area contributed by atoms with Crippen molar-refractivity contribution in [2.45, 2.75) is 71.1 Å². The van der Waals surface area contributed by atoms with Crippen LogP contribution < -0.4 is 0 Å². The van der Waals surface area contributed by atoms with Crippen molar-refractivity contribution in [1.29, 1.82) is 0 Å². The van der Waals surface area contributed by atoms with Crippen molar-refractivity contribution in [3.05, 3.63) is 11.6 Å². The van der Waals surface area contributed by atoms with Gasteiger partial charge in [0.2, 0.25) is 0 Å². The largest absolute Gasteiger partial charge is 0.396 e. The summed E-state index contributed by atoms with van der Waals surface area (Å²) in [5, 5.41) is 9.50. The van der Waals surface area contributed by atoms with Crippen molar-refractivity contribution >= 4 is 5.78 Å². The van der Waals surface area contributed by atoms with Gasteiger partial charge >= 0.3 is 0 Å². The van der Waals surface area contributed by atoms with E-state index in [1.165, 1.54) is 50.5 Å². The van der Waals surface area contributed by atoms with Crippen molar-refractivity contribution in [3.63, 3.8) is 0 Å². The van der Waals surface area contributed by atoms with E-state index in [1.54, 1.807) is 0 Å². The predicted octanol–water partition coefficient (Wildman–Crippen LogP) is 4.52. The third kappa shape index (κ3) is 2.35. The second kappa shape index (κ2) is 6.02. The van der Waals surface area contributed by atoms with Gasteiger partial charge in [-0.1, -0.05) is 12.5 Å². The topological polar surface area (TPSA) is 37.3 Å². The lowest BCUT2D eigenvalue weighted by molar-refractivity contribution is -0.116. The molecule has 4 rings (SSSR count). The number of hydrogen-bond acceptors (Lipinski definition) is 2. The Hall–Kier alpha value is -0.630. The lowest BCUT2D eigenvalue weighted by atomic mass is 9.50. The number of rotatable bonds is 3. The van der Waals surface area contributed by atoms with Crippen LogP contribution in [0.15, 0.2) is 11.6 Å². The van der Waals surface area contributed by atoms with Crippen molar-refractivity contribution in [2.24, 2.45) is 35.0 Å². The predicted molar refractivity (Wildman–Crippen MR) is 91.9 cm³/mol. The van der Waals surface area contributed by atoms with Crippen LogP contribution in [0.3, 0.4) is 0 Å². The molecule has 1 N–H and O–H groups in total. The molecule has 2 heteroatoms. The van der Waals surface area contributed by atoms with E-state index in [4.69, 9.17) is 0 Å².